The summed E-state index contributed by atoms with van der Waals surface area (Å²) in [6, 6.07) is 59.3. The van der Waals surface area contributed by atoms with Gasteiger partial charge in [-0.3, -0.25) is 14.4 Å². The lowest BCUT2D eigenvalue weighted by Gasteiger charge is -2.19. The summed E-state index contributed by atoms with van der Waals surface area (Å²) in [5, 5.41) is 18.9. The van der Waals surface area contributed by atoms with Crippen molar-refractivity contribution in [3.05, 3.63) is 298 Å². The summed E-state index contributed by atoms with van der Waals surface area (Å²) in [5.41, 5.74) is 13.0. The highest BCUT2D eigenvalue weighted by atomic mass is 79.9. The van der Waals surface area contributed by atoms with E-state index < -0.39 is 5.97 Å². The predicted molar refractivity (Wildman–Crippen MR) is 363 cm³/mol. The Balaban J connectivity index is 0.000000152. The van der Waals surface area contributed by atoms with Crippen molar-refractivity contribution in [2.75, 3.05) is 13.2 Å². The molecule has 2 N–H and O–H groups in total. The monoisotopic (exact) mass is 1450 g/mol. The second-order valence-corrected chi connectivity index (χ2v) is 25.8. The van der Waals surface area contributed by atoms with Crippen molar-refractivity contribution in [2.24, 2.45) is 0 Å². The molecular weight excluding hydrogens is 1390 g/mol. The Morgan fingerprint density at radius 2 is 0.750 bits per heavy atom. The maximum Gasteiger partial charge on any atom is 0.306 e. The molecule has 3 aliphatic carbocycles. The number of hydrogen-bond acceptors (Lipinski definition) is 8. The largest absolute Gasteiger partial charge is 0.508 e. The number of carboxylic acid groups (broad SMARTS) is 1. The second-order valence-electron chi connectivity index (χ2n) is 22.5. The van der Waals surface area contributed by atoms with E-state index in [1.807, 2.05) is 60.7 Å². The molecule has 0 radical (unpaired) electrons. The van der Waals surface area contributed by atoms with E-state index in [1.165, 1.54) is 69.8 Å². The summed E-state index contributed by atoms with van der Waals surface area (Å²) in [4.78, 5) is 35.3. The lowest BCUT2D eigenvalue weighted by molar-refractivity contribution is -0.144. The van der Waals surface area contributed by atoms with Crippen LogP contribution in [0.1, 0.15) is 154 Å². The van der Waals surface area contributed by atoms with Gasteiger partial charge in [-0.25, -0.2) is 13.2 Å². The lowest BCUT2D eigenvalue weighted by atomic mass is 9.88. The molecule has 6 unspecified atom stereocenters. The fourth-order valence-electron chi connectivity index (χ4n) is 11.8. The Hall–Kier alpha value is -7.69. The van der Waals surface area contributed by atoms with Crippen LogP contribution in [0.5, 0.6) is 17.2 Å². The standard InChI is InChI=1S/C26H24BrFO3.C24H20BrFO3.C17H17FO3.C9H8BrCl/c1-2-30-26(29)16-24(17-3-9-21(28)10-4-17)18-5-11-22(12-6-18)31-25-14-7-19-15-20(27)8-13-23(19)25;25-18-6-11-21-17(13-18)5-12-23(21)29-20-9-3-16(4-10-20)22(14-24(27)28)15-1-7-19(26)8-2-15;1-2-21-17(20)11-16(12-3-7-14(18)8-4-12)13-5-9-15(19)10-6-13;10-7-2-3-8-6(5-7)1-4-9(8)11/h3-6,8-13,15,24-25H,2,7,14,16H2,1H3;1-4,6-11,13,22-23H,5,12,14H2,(H,27,28);3-10,16,19H,2,11H2,1H3;2-3,5,9H,1,4H2. The molecule has 0 saturated carbocycles. The van der Waals surface area contributed by atoms with Crippen molar-refractivity contribution in [3.63, 3.8) is 0 Å². The molecule has 0 amide bonds. The number of aliphatic carboxylic acids is 1. The van der Waals surface area contributed by atoms with Crippen molar-refractivity contribution in [2.45, 2.75) is 107 Å². The molecule has 0 saturated heterocycles. The number of fused-ring (bicyclic) bond motifs is 3. The number of aromatic hydroxyl groups is 1. The number of esters is 2. The first-order chi connectivity index (χ1) is 44.4. The van der Waals surface area contributed by atoms with E-state index in [0.717, 1.165) is 96.8 Å². The van der Waals surface area contributed by atoms with Gasteiger partial charge in [0, 0.05) is 31.2 Å². The maximum absolute atomic E-state index is 13.4. The van der Waals surface area contributed by atoms with Crippen LogP contribution >= 0.6 is 59.4 Å². The zero-order valence-corrected chi connectivity index (χ0v) is 56.2. The molecule has 12 rings (SSSR count). The molecule has 0 heterocycles. The number of carbonyl (C=O) groups is 3. The SMILES string of the molecule is CCOC(=O)CC(c1ccc(F)cc1)c1ccc(OC2CCc3cc(Br)ccc32)cc1.CCOC(=O)CC(c1ccc(O)cc1)c1ccc(F)cc1.ClC1CCc2cc(Br)ccc21.O=C(O)CC(c1ccc(F)cc1)c1ccc(OC2CCc3cc(Br)ccc32)cc1. The minimum absolute atomic E-state index is 0.0239. The highest BCUT2D eigenvalue weighted by Crippen LogP contribution is 2.41. The third kappa shape index (κ3) is 19.2. The van der Waals surface area contributed by atoms with Gasteiger partial charge in [0.2, 0.25) is 0 Å². The fraction of sp³-hybridized carbons (Fsp3) is 0.250. The average molecular weight is 1460 g/mol. The van der Waals surface area contributed by atoms with Crippen LogP contribution in [0, 0.1) is 17.5 Å². The van der Waals surface area contributed by atoms with Gasteiger partial charge in [-0.1, -0.05) is 139 Å². The van der Waals surface area contributed by atoms with E-state index in [1.54, 1.807) is 74.5 Å². The number of phenols is 1. The van der Waals surface area contributed by atoms with Crippen LogP contribution in [-0.2, 0) is 43.1 Å². The number of carbonyl (C=O) groups excluding carboxylic acids is 2. The van der Waals surface area contributed by atoms with E-state index in [0.29, 0.717) is 13.2 Å². The van der Waals surface area contributed by atoms with Crippen LogP contribution in [0.2, 0.25) is 0 Å². The van der Waals surface area contributed by atoms with E-state index >= 15 is 0 Å². The van der Waals surface area contributed by atoms with Crippen molar-refractivity contribution in [1.29, 1.82) is 0 Å². The predicted octanol–water partition coefficient (Wildman–Crippen LogP) is 20.3. The third-order valence-electron chi connectivity index (χ3n) is 16.3. The molecule has 92 heavy (non-hydrogen) atoms. The maximum atomic E-state index is 13.4. The number of phenolic OH excluding ortho intramolecular Hbond substituents is 1. The summed E-state index contributed by atoms with van der Waals surface area (Å²) >= 11 is 16.6. The zero-order valence-electron chi connectivity index (χ0n) is 50.7. The van der Waals surface area contributed by atoms with E-state index in [-0.39, 0.29) is 89.7 Å². The minimum Gasteiger partial charge on any atom is -0.508 e. The van der Waals surface area contributed by atoms with Crippen molar-refractivity contribution < 1.29 is 56.7 Å². The van der Waals surface area contributed by atoms with E-state index in [2.05, 4.69) is 90.3 Å². The number of alkyl halides is 1. The number of hydrogen-bond donors (Lipinski definition) is 2. The van der Waals surface area contributed by atoms with Crippen LogP contribution in [0.4, 0.5) is 13.2 Å². The van der Waals surface area contributed by atoms with E-state index in [4.69, 9.17) is 30.5 Å². The second kappa shape index (κ2) is 33.2. The molecule has 0 aliphatic heterocycles. The van der Waals surface area contributed by atoms with Gasteiger partial charge < -0.3 is 29.2 Å². The fourth-order valence-corrected chi connectivity index (χ4v) is 13.3. The molecule has 0 fully saturated rings. The molecule has 9 nitrogen and oxygen atoms in total. The molecule has 9 aromatic rings. The van der Waals surface area contributed by atoms with Crippen LogP contribution < -0.4 is 9.47 Å². The van der Waals surface area contributed by atoms with Gasteiger partial charge in [0.25, 0.3) is 0 Å². The summed E-state index contributed by atoms with van der Waals surface area (Å²) in [5.74, 6) is -1.51. The summed E-state index contributed by atoms with van der Waals surface area (Å²) in [6.45, 7) is 4.20. The third-order valence-corrected chi connectivity index (χ3v) is 18.3. The topological polar surface area (TPSA) is 129 Å². The Morgan fingerprint density at radius 3 is 1.10 bits per heavy atom. The van der Waals surface area contributed by atoms with Gasteiger partial charge in [-0.2, -0.15) is 0 Å². The molecule has 0 aromatic heterocycles. The van der Waals surface area contributed by atoms with Crippen LogP contribution in [0.25, 0.3) is 0 Å². The smallest absolute Gasteiger partial charge is 0.306 e. The molecule has 6 atom stereocenters. The van der Waals surface area contributed by atoms with Crippen LogP contribution in [0.15, 0.2) is 214 Å². The van der Waals surface area contributed by atoms with Gasteiger partial charge in [0.1, 0.15) is 46.9 Å². The number of carboxylic acids is 1. The van der Waals surface area contributed by atoms with Gasteiger partial charge in [-0.15, -0.1) is 11.6 Å². The van der Waals surface area contributed by atoms with Crippen molar-refractivity contribution in [3.8, 4) is 17.2 Å². The molecule has 3 aliphatic rings. The molecule has 0 spiro atoms. The number of halogens is 7. The Labute approximate surface area is 565 Å². The molecule has 0 bridgehead atoms. The summed E-state index contributed by atoms with van der Waals surface area (Å²) < 4.78 is 65.6. The highest BCUT2D eigenvalue weighted by Gasteiger charge is 2.28. The summed E-state index contributed by atoms with van der Waals surface area (Å²) in [7, 11) is 0. The average Bonchev–Trinajstić information content (AvgIpc) is 1.68. The normalized spacial score (nSPS) is 15.8. The number of ether oxygens (including phenoxy) is 4. The number of rotatable bonds is 18. The molecular formula is C76H69Br3ClF3O9. The molecule has 16 heteroatoms. The van der Waals surface area contributed by atoms with Crippen LogP contribution in [0.3, 0.4) is 0 Å². The van der Waals surface area contributed by atoms with Gasteiger partial charge in [0.05, 0.1) is 37.9 Å². The Kier molecular flexibility index (Phi) is 24.8. The Bertz CT molecular complexity index is 3870. The zero-order chi connectivity index (χ0) is 65.3. The molecule has 476 valence electrons. The number of aryl methyl sites for hydroxylation is 3. The quantitative estimate of drug-likeness (QED) is 0.0637. The first-order valence-corrected chi connectivity index (χ1v) is 33.3. The van der Waals surface area contributed by atoms with Crippen LogP contribution in [-0.4, -0.2) is 41.3 Å². The van der Waals surface area contributed by atoms with Gasteiger partial charge in [0.15, 0.2) is 0 Å². The number of benzene rings is 9. The molecule has 9 aromatic carbocycles. The lowest BCUT2D eigenvalue weighted by Crippen LogP contribution is -2.12. The summed E-state index contributed by atoms with van der Waals surface area (Å²) in [6.07, 6.45) is 6.48. The van der Waals surface area contributed by atoms with Crippen molar-refractivity contribution >= 4 is 77.3 Å². The Morgan fingerprint density at radius 1 is 0.446 bits per heavy atom. The minimum atomic E-state index is -0.895. The van der Waals surface area contributed by atoms with Gasteiger partial charge in [-0.05, 0) is 228 Å². The first-order valence-electron chi connectivity index (χ1n) is 30.5. The highest BCUT2D eigenvalue weighted by molar-refractivity contribution is 9.11. The van der Waals surface area contributed by atoms with E-state index in [9.17, 15) is 37.8 Å². The van der Waals surface area contributed by atoms with Crippen molar-refractivity contribution in [1.82, 2.24) is 0 Å². The van der Waals surface area contributed by atoms with Gasteiger partial charge >= 0.3 is 17.9 Å². The first kappa shape index (κ1) is 68.7.